The molecule has 0 bridgehead atoms. The molecule has 1 unspecified atom stereocenters. The van der Waals surface area contributed by atoms with Crippen molar-refractivity contribution in [3.8, 4) is 0 Å². The van der Waals surface area contributed by atoms with E-state index >= 15 is 0 Å². The summed E-state index contributed by atoms with van der Waals surface area (Å²) < 4.78 is 5.75. The number of nitrogens with zero attached hydrogens (tertiary/aromatic N) is 3. The Labute approximate surface area is 126 Å². The molecule has 1 fully saturated rings. The van der Waals surface area contributed by atoms with Crippen molar-refractivity contribution in [2.75, 3.05) is 24.6 Å². The normalized spacial score (nSPS) is 19.6. The molecule has 2 heterocycles. The Morgan fingerprint density at radius 1 is 1.50 bits per heavy atom. The van der Waals surface area contributed by atoms with Gasteiger partial charge in [0.05, 0.1) is 29.6 Å². The molecule has 112 valence electrons. The number of aromatic nitrogens is 2. The molecule has 0 radical (unpaired) electrons. The van der Waals surface area contributed by atoms with Gasteiger partial charge in [-0.3, -0.25) is 0 Å². The van der Waals surface area contributed by atoms with E-state index in [1.807, 2.05) is 13.1 Å². The molecule has 5 heteroatoms. The first kappa shape index (κ1) is 15.5. The quantitative estimate of drug-likeness (QED) is 0.781. The number of alkyl halides is 1. The molecule has 1 aromatic heterocycles. The number of ether oxygens (including phenoxy) is 1. The van der Waals surface area contributed by atoms with Crippen LogP contribution in [0.2, 0.25) is 0 Å². The van der Waals surface area contributed by atoms with Crippen molar-refractivity contribution in [3.63, 3.8) is 0 Å². The van der Waals surface area contributed by atoms with E-state index in [2.05, 4.69) is 28.7 Å². The van der Waals surface area contributed by atoms with Crippen molar-refractivity contribution in [2.45, 2.75) is 51.5 Å². The summed E-state index contributed by atoms with van der Waals surface area (Å²) in [6.45, 7) is 8.94. The Bertz CT molecular complexity index is 437. The molecule has 0 N–H and O–H groups in total. The summed E-state index contributed by atoms with van der Waals surface area (Å²) >= 11 is 6.08. The van der Waals surface area contributed by atoms with E-state index in [0.717, 1.165) is 49.7 Å². The number of hydrogen-bond acceptors (Lipinski definition) is 4. The monoisotopic (exact) mass is 297 g/mol. The molecule has 1 aliphatic rings. The van der Waals surface area contributed by atoms with Gasteiger partial charge in [-0.05, 0) is 19.8 Å². The molecule has 2 rings (SSSR count). The molecule has 1 aliphatic heterocycles. The summed E-state index contributed by atoms with van der Waals surface area (Å²) in [6.07, 6.45) is 4.50. The zero-order valence-corrected chi connectivity index (χ0v) is 13.4. The molecular formula is C15H24ClN3O. The predicted octanol–water partition coefficient (Wildman–Crippen LogP) is 3.34. The SMILES string of the molecule is CCOC1CCCN(c2cnc(C(C)C)nc2CCl)C1. The molecule has 4 nitrogen and oxygen atoms in total. The Morgan fingerprint density at radius 3 is 2.95 bits per heavy atom. The van der Waals surface area contributed by atoms with Gasteiger partial charge in [0.1, 0.15) is 5.82 Å². The molecule has 20 heavy (non-hydrogen) atoms. The van der Waals surface area contributed by atoms with Crippen LogP contribution in [0, 0.1) is 0 Å². The van der Waals surface area contributed by atoms with Crippen LogP contribution in [-0.4, -0.2) is 35.8 Å². The molecule has 0 aromatic carbocycles. The standard InChI is InChI=1S/C15H24ClN3O/c1-4-20-12-6-5-7-19(10-12)14-9-17-15(11(2)3)18-13(14)8-16/h9,11-12H,4-8,10H2,1-3H3. The van der Waals surface area contributed by atoms with Gasteiger partial charge in [0.2, 0.25) is 0 Å². The second kappa shape index (κ2) is 7.23. The van der Waals surface area contributed by atoms with E-state index in [1.54, 1.807) is 0 Å². The van der Waals surface area contributed by atoms with Gasteiger partial charge in [0.15, 0.2) is 0 Å². The fourth-order valence-electron chi connectivity index (χ4n) is 2.60. The first-order chi connectivity index (χ1) is 9.65. The van der Waals surface area contributed by atoms with Crippen LogP contribution in [0.4, 0.5) is 5.69 Å². The van der Waals surface area contributed by atoms with Crippen molar-refractivity contribution >= 4 is 17.3 Å². The summed E-state index contributed by atoms with van der Waals surface area (Å²) in [7, 11) is 0. The number of hydrogen-bond donors (Lipinski definition) is 0. The maximum absolute atomic E-state index is 6.08. The van der Waals surface area contributed by atoms with Crippen molar-refractivity contribution in [1.82, 2.24) is 9.97 Å². The fourth-order valence-corrected chi connectivity index (χ4v) is 2.79. The highest BCUT2D eigenvalue weighted by Gasteiger charge is 2.23. The van der Waals surface area contributed by atoms with Crippen LogP contribution >= 0.6 is 11.6 Å². The van der Waals surface area contributed by atoms with E-state index < -0.39 is 0 Å². The molecule has 0 amide bonds. The fraction of sp³-hybridized carbons (Fsp3) is 0.733. The number of halogens is 1. The first-order valence-electron chi connectivity index (χ1n) is 7.44. The lowest BCUT2D eigenvalue weighted by atomic mass is 10.1. The third-order valence-corrected chi connectivity index (χ3v) is 3.88. The van der Waals surface area contributed by atoms with Gasteiger partial charge in [0.25, 0.3) is 0 Å². The largest absolute Gasteiger partial charge is 0.377 e. The minimum atomic E-state index is 0.307. The molecular weight excluding hydrogens is 274 g/mol. The molecule has 1 atom stereocenters. The van der Waals surface area contributed by atoms with E-state index in [4.69, 9.17) is 16.3 Å². The van der Waals surface area contributed by atoms with Crippen LogP contribution in [0.1, 0.15) is 51.0 Å². The molecule has 1 aromatic rings. The van der Waals surface area contributed by atoms with Gasteiger partial charge < -0.3 is 9.64 Å². The van der Waals surface area contributed by atoms with Gasteiger partial charge >= 0.3 is 0 Å². The van der Waals surface area contributed by atoms with Crippen molar-refractivity contribution in [3.05, 3.63) is 17.7 Å². The zero-order valence-electron chi connectivity index (χ0n) is 12.6. The topological polar surface area (TPSA) is 38.2 Å². The van der Waals surface area contributed by atoms with Crippen LogP contribution in [0.15, 0.2) is 6.20 Å². The second-order valence-electron chi connectivity index (χ2n) is 5.51. The average Bonchev–Trinajstić information content (AvgIpc) is 2.47. The highest BCUT2D eigenvalue weighted by Crippen LogP contribution is 2.25. The Balaban J connectivity index is 2.18. The van der Waals surface area contributed by atoms with Crippen LogP contribution in [0.25, 0.3) is 0 Å². The van der Waals surface area contributed by atoms with Crippen molar-refractivity contribution in [2.24, 2.45) is 0 Å². The maximum atomic E-state index is 6.08. The van der Waals surface area contributed by atoms with Gasteiger partial charge in [-0.15, -0.1) is 11.6 Å². The molecule has 0 saturated carbocycles. The van der Waals surface area contributed by atoms with E-state index in [-0.39, 0.29) is 0 Å². The summed E-state index contributed by atoms with van der Waals surface area (Å²) in [6, 6.07) is 0. The van der Waals surface area contributed by atoms with Crippen LogP contribution in [0.5, 0.6) is 0 Å². The minimum Gasteiger partial charge on any atom is -0.377 e. The van der Waals surface area contributed by atoms with E-state index in [1.165, 1.54) is 0 Å². The minimum absolute atomic E-state index is 0.307. The summed E-state index contributed by atoms with van der Waals surface area (Å²) in [4.78, 5) is 11.4. The average molecular weight is 298 g/mol. The van der Waals surface area contributed by atoms with Crippen LogP contribution in [0.3, 0.4) is 0 Å². The predicted molar refractivity (Wildman–Crippen MR) is 82.5 cm³/mol. The number of piperidine rings is 1. The van der Waals surface area contributed by atoms with Gasteiger partial charge in [-0.25, -0.2) is 9.97 Å². The van der Waals surface area contributed by atoms with Crippen LogP contribution < -0.4 is 4.90 Å². The number of rotatable bonds is 5. The molecule has 0 spiro atoms. The second-order valence-corrected chi connectivity index (χ2v) is 5.78. The highest BCUT2D eigenvalue weighted by atomic mass is 35.5. The van der Waals surface area contributed by atoms with Gasteiger partial charge in [-0.2, -0.15) is 0 Å². The lowest BCUT2D eigenvalue weighted by molar-refractivity contribution is 0.0526. The third-order valence-electron chi connectivity index (χ3n) is 3.63. The summed E-state index contributed by atoms with van der Waals surface area (Å²) in [5.74, 6) is 1.61. The number of anilines is 1. The Kier molecular flexibility index (Phi) is 5.61. The smallest absolute Gasteiger partial charge is 0.131 e. The lowest BCUT2D eigenvalue weighted by Gasteiger charge is -2.34. The van der Waals surface area contributed by atoms with E-state index in [9.17, 15) is 0 Å². The van der Waals surface area contributed by atoms with Crippen molar-refractivity contribution < 1.29 is 4.74 Å². The molecule has 0 aliphatic carbocycles. The summed E-state index contributed by atoms with van der Waals surface area (Å²) in [5, 5.41) is 0. The zero-order chi connectivity index (χ0) is 14.5. The first-order valence-corrected chi connectivity index (χ1v) is 7.97. The van der Waals surface area contributed by atoms with Gasteiger partial charge in [-0.1, -0.05) is 13.8 Å². The lowest BCUT2D eigenvalue weighted by Crippen LogP contribution is -2.40. The van der Waals surface area contributed by atoms with Gasteiger partial charge in [0, 0.05) is 25.6 Å². The van der Waals surface area contributed by atoms with Crippen molar-refractivity contribution in [1.29, 1.82) is 0 Å². The highest BCUT2D eigenvalue weighted by molar-refractivity contribution is 6.17. The van der Waals surface area contributed by atoms with E-state index in [0.29, 0.717) is 17.9 Å². The Hall–Kier alpha value is -0.870. The summed E-state index contributed by atoms with van der Waals surface area (Å²) in [5.41, 5.74) is 2.00. The van der Waals surface area contributed by atoms with Crippen LogP contribution in [-0.2, 0) is 10.6 Å². The molecule has 1 saturated heterocycles. The maximum Gasteiger partial charge on any atom is 0.131 e. The third kappa shape index (κ3) is 3.61. The Morgan fingerprint density at radius 2 is 2.30 bits per heavy atom.